The lowest BCUT2D eigenvalue weighted by Crippen LogP contribution is -2.42. The number of aromatic nitrogens is 3. The standard InChI is InChI=1S/C22H22ClF3N4.C2HF3O2/c1-3-15-11-30-21-18(29(15)10-13-4-5-13)8-12(2)27-20(21)19(28-30)16-7-6-14(9-17(16)23)22(24,25)26;3-2(4,5)1(6)7/h6-9,13,15H,3-5,10-11H2,1-2H3;(H,6,7)/t15-;/m0./s1. The second kappa shape index (κ2) is 9.70. The fraction of sp³-hybridized carbons (Fsp3) is 0.458. The third-order valence-corrected chi connectivity index (χ3v) is 6.67. The SMILES string of the molecule is CC[C@H]1Cn2nc(-c3ccc(C(F)(F)F)cc3Cl)c3nc(C)cc(c32)N1CC1CC1.O=C(O)C(F)(F)F. The summed E-state index contributed by atoms with van der Waals surface area (Å²) in [7, 11) is 0. The summed E-state index contributed by atoms with van der Waals surface area (Å²) in [6.45, 7) is 5.88. The predicted molar refractivity (Wildman–Crippen MR) is 126 cm³/mol. The van der Waals surface area contributed by atoms with E-state index in [1.165, 1.54) is 18.9 Å². The van der Waals surface area contributed by atoms with Crippen molar-refractivity contribution >= 4 is 34.3 Å². The topological polar surface area (TPSA) is 71.2 Å². The van der Waals surface area contributed by atoms with E-state index in [1.54, 1.807) is 0 Å². The van der Waals surface area contributed by atoms with Crippen LogP contribution in [0.3, 0.4) is 0 Å². The van der Waals surface area contributed by atoms with Gasteiger partial charge in [-0.15, -0.1) is 0 Å². The minimum absolute atomic E-state index is 0.0300. The van der Waals surface area contributed by atoms with Gasteiger partial charge < -0.3 is 10.0 Å². The van der Waals surface area contributed by atoms with Gasteiger partial charge in [0, 0.05) is 23.8 Å². The van der Waals surface area contributed by atoms with Gasteiger partial charge in [-0.1, -0.05) is 24.6 Å². The first-order chi connectivity index (χ1) is 17.2. The molecule has 1 aromatic carbocycles. The Morgan fingerprint density at radius 3 is 2.32 bits per heavy atom. The number of rotatable bonds is 4. The predicted octanol–water partition coefficient (Wildman–Crippen LogP) is 6.72. The number of alkyl halides is 6. The summed E-state index contributed by atoms with van der Waals surface area (Å²) in [5.74, 6) is -2.02. The maximum Gasteiger partial charge on any atom is 0.490 e. The fourth-order valence-electron chi connectivity index (χ4n) is 4.37. The molecule has 6 nitrogen and oxygen atoms in total. The van der Waals surface area contributed by atoms with Crippen LogP contribution in [0.1, 0.15) is 37.4 Å². The summed E-state index contributed by atoms with van der Waals surface area (Å²) in [5.41, 5.74) is 3.86. The normalized spacial score (nSPS) is 17.5. The molecule has 2 aromatic heterocycles. The fourth-order valence-corrected chi connectivity index (χ4v) is 4.64. The van der Waals surface area contributed by atoms with Crippen molar-refractivity contribution in [2.75, 3.05) is 11.4 Å². The highest BCUT2D eigenvalue weighted by molar-refractivity contribution is 6.33. The number of aryl methyl sites for hydroxylation is 1. The first-order valence-corrected chi connectivity index (χ1v) is 11.9. The molecule has 200 valence electrons. The number of halogens is 7. The van der Waals surface area contributed by atoms with Crippen molar-refractivity contribution in [1.82, 2.24) is 14.8 Å². The lowest BCUT2D eigenvalue weighted by molar-refractivity contribution is -0.192. The monoisotopic (exact) mass is 548 g/mol. The van der Waals surface area contributed by atoms with Crippen LogP contribution in [-0.4, -0.2) is 44.6 Å². The van der Waals surface area contributed by atoms with Gasteiger partial charge >= 0.3 is 18.3 Å². The van der Waals surface area contributed by atoms with Gasteiger partial charge in [-0.25, -0.2) is 9.78 Å². The molecule has 0 spiro atoms. The summed E-state index contributed by atoms with van der Waals surface area (Å²) in [4.78, 5) is 16.1. The first kappa shape index (κ1) is 27.0. The Hall–Kier alpha value is -3.02. The number of nitrogens with zero attached hydrogens (tertiary/aromatic N) is 4. The minimum Gasteiger partial charge on any atom is -0.475 e. The second-order valence-electron chi connectivity index (χ2n) is 9.16. The first-order valence-electron chi connectivity index (χ1n) is 11.5. The summed E-state index contributed by atoms with van der Waals surface area (Å²) in [6, 6.07) is 5.85. The van der Waals surface area contributed by atoms with E-state index in [4.69, 9.17) is 31.6 Å². The molecule has 1 aliphatic heterocycles. The third-order valence-electron chi connectivity index (χ3n) is 6.35. The zero-order valence-corrected chi connectivity index (χ0v) is 20.5. The van der Waals surface area contributed by atoms with Crippen LogP contribution in [0.25, 0.3) is 22.3 Å². The molecule has 1 aliphatic carbocycles. The number of hydrogen-bond acceptors (Lipinski definition) is 4. The molecule has 0 saturated heterocycles. The number of carboxylic acids is 1. The van der Waals surface area contributed by atoms with Crippen molar-refractivity contribution in [3.63, 3.8) is 0 Å². The molecule has 2 aliphatic rings. The van der Waals surface area contributed by atoms with Crippen LogP contribution in [-0.2, 0) is 17.5 Å². The third kappa shape index (κ3) is 5.63. The number of carboxylic acid groups (broad SMARTS) is 1. The highest BCUT2D eigenvalue weighted by atomic mass is 35.5. The molecule has 13 heteroatoms. The Bertz CT molecular complexity index is 1330. The highest BCUT2D eigenvalue weighted by Crippen LogP contribution is 2.42. The number of carbonyl (C=O) groups is 1. The van der Waals surface area contributed by atoms with E-state index in [0.717, 1.165) is 54.5 Å². The van der Waals surface area contributed by atoms with Crippen LogP contribution >= 0.6 is 11.6 Å². The lowest BCUT2D eigenvalue weighted by atomic mass is 10.0. The molecule has 1 atom stereocenters. The maximum absolute atomic E-state index is 13.1. The molecule has 0 unspecified atom stereocenters. The molecule has 0 radical (unpaired) electrons. The molecule has 1 fully saturated rings. The van der Waals surface area contributed by atoms with E-state index < -0.39 is 23.9 Å². The quantitative estimate of drug-likeness (QED) is 0.366. The van der Waals surface area contributed by atoms with Crippen molar-refractivity contribution in [3.05, 3.63) is 40.5 Å². The molecule has 37 heavy (non-hydrogen) atoms. The van der Waals surface area contributed by atoms with Gasteiger partial charge in [0.25, 0.3) is 0 Å². The van der Waals surface area contributed by atoms with Crippen LogP contribution in [0.15, 0.2) is 24.3 Å². The van der Waals surface area contributed by atoms with Gasteiger partial charge in [0.15, 0.2) is 0 Å². The summed E-state index contributed by atoms with van der Waals surface area (Å²) >= 11 is 6.29. The van der Waals surface area contributed by atoms with Gasteiger partial charge in [0.1, 0.15) is 16.7 Å². The second-order valence-corrected chi connectivity index (χ2v) is 9.57. The minimum atomic E-state index is -5.08. The van der Waals surface area contributed by atoms with Gasteiger partial charge in [-0.3, -0.25) is 4.68 Å². The van der Waals surface area contributed by atoms with E-state index in [-0.39, 0.29) is 5.02 Å². The Kier molecular flexibility index (Phi) is 7.08. The number of benzene rings is 1. The Labute approximate surface area is 212 Å². The zero-order valence-electron chi connectivity index (χ0n) is 19.8. The lowest BCUT2D eigenvalue weighted by Gasteiger charge is -2.37. The van der Waals surface area contributed by atoms with Gasteiger partial charge in [0.05, 0.1) is 22.8 Å². The zero-order chi connectivity index (χ0) is 27.3. The van der Waals surface area contributed by atoms with Crippen molar-refractivity contribution < 1.29 is 36.2 Å². The molecular formula is C24H23ClF6N4O2. The summed E-state index contributed by atoms with van der Waals surface area (Å²) < 4.78 is 72.9. The number of aliphatic carboxylic acids is 1. The highest BCUT2D eigenvalue weighted by Gasteiger charge is 2.38. The average molecular weight is 549 g/mol. The molecule has 5 rings (SSSR count). The largest absolute Gasteiger partial charge is 0.490 e. The Morgan fingerprint density at radius 1 is 1.16 bits per heavy atom. The van der Waals surface area contributed by atoms with Crippen molar-refractivity contribution in [2.45, 2.75) is 58.0 Å². The molecule has 1 saturated carbocycles. The molecule has 3 aromatic rings. The smallest absolute Gasteiger partial charge is 0.475 e. The summed E-state index contributed by atoms with van der Waals surface area (Å²) in [6.07, 6.45) is -5.99. The van der Waals surface area contributed by atoms with Crippen molar-refractivity contribution in [2.24, 2.45) is 5.92 Å². The van der Waals surface area contributed by atoms with Gasteiger partial charge in [0.2, 0.25) is 0 Å². The average Bonchev–Trinajstić information content (AvgIpc) is 3.54. The number of hydrogen-bond donors (Lipinski definition) is 1. The molecule has 3 heterocycles. The molecule has 0 amide bonds. The maximum atomic E-state index is 13.1. The van der Waals surface area contributed by atoms with Crippen LogP contribution in [0.5, 0.6) is 0 Å². The van der Waals surface area contributed by atoms with Crippen LogP contribution in [0.4, 0.5) is 32.0 Å². The molecular weight excluding hydrogens is 526 g/mol. The number of anilines is 1. The molecule has 0 bridgehead atoms. The van der Waals surface area contributed by atoms with E-state index >= 15 is 0 Å². The van der Waals surface area contributed by atoms with Crippen molar-refractivity contribution in [1.29, 1.82) is 0 Å². The van der Waals surface area contributed by atoms with Gasteiger partial charge in [-0.05, 0) is 50.3 Å². The van der Waals surface area contributed by atoms with E-state index in [9.17, 15) is 26.3 Å². The Balaban J connectivity index is 0.000000405. The van der Waals surface area contributed by atoms with Crippen LogP contribution < -0.4 is 4.90 Å². The van der Waals surface area contributed by atoms with E-state index in [2.05, 4.69) is 17.9 Å². The Morgan fingerprint density at radius 2 is 1.81 bits per heavy atom. The number of pyridine rings is 1. The van der Waals surface area contributed by atoms with Crippen molar-refractivity contribution in [3.8, 4) is 11.3 Å². The molecule has 1 N–H and O–H groups in total. The van der Waals surface area contributed by atoms with Gasteiger partial charge in [-0.2, -0.15) is 31.4 Å². The van der Waals surface area contributed by atoms with Crippen LogP contribution in [0.2, 0.25) is 5.02 Å². The van der Waals surface area contributed by atoms with E-state index in [0.29, 0.717) is 22.8 Å². The van der Waals surface area contributed by atoms with Crippen LogP contribution in [0, 0.1) is 12.8 Å². The summed E-state index contributed by atoms with van der Waals surface area (Å²) in [5, 5.41) is 11.9. The van der Waals surface area contributed by atoms with E-state index in [1.807, 2.05) is 11.6 Å².